The van der Waals surface area contributed by atoms with E-state index in [4.69, 9.17) is 0 Å². The maximum atomic E-state index is 4.66. The van der Waals surface area contributed by atoms with Gasteiger partial charge in [-0.2, -0.15) is 0 Å². The Bertz CT molecular complexity index is 571. The van der Waals surface area contributed by atoms with E-state index in [1.165, 1.54) is 29.9 Å². The van der Waals surface area contributed by atoms with Crippen molar-refractivity contribution in [1.82, 2.24) is 14.9 Å². The molecule has 100 valence electrons. The van der Waals surface area contributed by atoms with Gasteiger partial charge in [-0.1, -0.05) is 34.1 Å². The third-order valence-electron chi connectivity index (χ3n) is 3.84. The summed E-state index contributed by atoms with van der Waals surface area (Å²) in [6, 6.07) is 8.30. The van der Waals surface area contributed by atoms with Gasteiger partial charge in [-0.3, -0.25) is 0 Å². The minimum atomic E-state index is 0.537. The Morgan fingerprint density at radius 2 is 2.21 bits per heavy atom. The van der Waals surface area contributed by atoms with Gasteiger partial charge in [-0.15, -0.1) is 0 Å². The summed E-state index contributed by atoms with van der Waals surface area (Å²) >= 11 is 3.62. The van der Waals surface area contributed by atoms with E-state index in [2.05, 4.69) is 56.0 Å². The second-order valence-corrected chi connectivity index (χ2v) is 5.94. The average Bonchev–Trinajstić information content (AvgIpc) is 2.82. The van der Waals surface area contributed by atoms with Gasteiger partial charge in [0.05, 0.1) is 11.9 Å². The minimum Gasteiger partial charge on any atom is -0.331 e. The summed E-state index contributed by atoms with van der Waals surface area (Å²) in [5.41, 5.74) is 2.38. The first-order valence-electron chi connectivity index (χ1n) is 6.74. The van der Waals surface area contributed by atoms with Crippen LogP contribution < -0.4 is 5.32 Å². The second-order valence-electron chi connectivity index (χ2n) is 5.08. The molecule has 3 nitrogen and oxygen atoms in total. The highest BCUT2D eigenvalue weighted by molar-refractivity contribution is 9.10. The molecule has 0 saturated carbocycles. The van der Waals surface area contributed by atoms with Crippen LogP contribution in [0.2, 0.25) is 0 Å². The van der Waals surface area contributed by atoms with Crippen molar-refractivity contribution in [2.75, 3.05) is 13.1 Å². The summed E-state index contributed by atoms with van der Waals surface area (Å²) in [6.45, 7) is 2.18. The number of imidazole rings is 1. The molecule has 0 aliphatic carbocycles. The standard InChI is InChI=1S/C15H18BrN3/c1-19-14(12-6-2-3-7-13(12)16)10-18-15(19)11-5-4-8-17-9-11/h2-3,6-7,10-11,17H,4-5,8-9H2,1H3. The van der Waals surface area contributed by atoms with Crippen LogP contribution >= 0.6 is 15.9 Å². The van der Waals surface area contributed by atoms with Gasteiger partial charge in [0.15, 0.2) is 0 Å². The molecule has 4 heteroatoms. The molecule has 1 atom stereocenters. The fraction of sp³-hybridized carbons (Fsp3) is 0.400. The van der Waals surface area contributed by atoms with Crippen molar-refractivity contribution in [3.8, 4) is 11.3 Å². The summed E-state index contributed by atoms with van der Waals surface area (Å²) in [4.78, 5) is 4.66. The smallest absolute Gasteiger partial charge is 0.113 e. The van der Waals surface area contributed by atoms with Gasteiger partial charge >= 0.3 is 0 Å². The van der Waals surface area contributed by atoms with Crippen molar-refractivity contribution in [3.05, 3.63) is 40.8 Å². The van der Waals surface area contributed by atoms with E-state index < -0.39 is 0 Å². The summed E-state index contributed by atoms with van der Waals surface area (Å²) in [5, 5.41) is 3.46. The molecule has 1 aliphatic rings. The molecule has 0 bridgehead atoms. The van der Waals surface area contributed by atoms with Gasteiger partial charge in [0.1, 0.15) is 5.82 Å². The molecule has 0 spiro atoms. The third-order valence-corrected chi connectivity index (χ3v) is 4.53. The van der Waals surface area contributed by atoms with Crippen LogP contribution in [-0.4, -0.2) is 22.6 Å². The number of benzene rings is 1. The van der Waals surface area contributed by atoms with Gasteiger partial charge in [0.25, 0.3) is 0 Å². The van der Waals surface area contributed by atoms with Crippen LogP contribution in [0.3, 0.4) is 0 Å². The predicted octanol–water partition coefficient (Wildman–Crippen LogP) is 3.32. The Morgan fingerprint density at radius 3 is 2.95 bits per heavy atom. The Labute approximate surface area is 122 Å². The van der Waals surface area contributed by atoms with Gasteiger partial charge in [-0.05, 0) is 25.5 Å². The molecule has 2 heterocycles. The number of hydrogen-bond acceptors (Lipinski definition) is 2. The number of rotatable bonds is 2. The van der Waals surface area contributed by atoms with Crippen molar-refractivity contribution in [2.24, 2.45) is 7.05 Å². The molecule has 1 N–H and O–H groups in total. The SMILES string of the molecule is Cn1c(-c2ccccc2Br)cnc1C1CCCNC1. The van der Waals surface area contributed by atoms with Crippen LogP contribution in [0.4, 0.5) is 0 Å². The Hall–Kier alpha value is -1.13. The predicted molar refractivity (Wildman–Crippen MR) is 81.2 cm³/mol. The van der Waals surface area contributed by atoms with E-state index in [1.54, 1.807) is 0 Å². The minimum absolute atomic E-state index is 0.537. The molecule has 1 aromatic carbocycles. The quantitative estimate of drug-likeness (QED) is 0.920. The molecule has 19 heavy (non-hydrogen) atoms. The third kappa shape index (κ3) is 2.47. The van der Waals surface area contributed by atoms with Crippen molar-refractivity contribution in [2.45, 2.75) is 18.8 Å². The molecule has 3 rings (SSSR count). The van der Waals surface area contributed by atoms with Crippen LogP contribution in [-0.2, 0) is 7.05 Å². The molecule has 1 aromatic heterocycles. The summed E-state index contributed by atoms with van der Waals surface area (Å²) in [5.74, 6) is 1.73. The van der Waals surface area contributed by atoms with Gasteiger partial charge in [0, 0.05) is 29.5 Å². The fourth-order valence-electron chi connectivity index (χ4n) is 2.79. The first kappa shape index (κ1) is 12.9. The first-order valence-corrected chi connectivity index (χ1v) is 7.54. The number of hydrogen-bond donors (Lipinski definition) is 1. The monoisotopic (exact) mass is 319 g/mol. The van der Waals surface area contributed by atoms with Crippen LogP contribution in [0.15, 0.2) is 34.9 Å². The number of halogens is 1. The van der Waals surface area contributed by atoms with Gasteiger partial charge < -0.3 is 9.88 Å². The highest BCUT2D eigenvalue weighted by Crippen LogP contribution is 2.30. The number of aromatic nitrogens is 2. The molecule has 1 unspecified atom stereocenters. The number of nitrogens with one attached hydrogen (secondary N) is 1. The molecule has 1 fully saturated rings. The second kappa shape index (κ2) is 5.47. The Balaban J connectivity index is 1.97. The molecular weight excluding hydrogens is 302 g/mol. The topological polar surface area (TPSA) is 29.9 Å². The summed E-state index contributed by atoms with van der Waals surface area (Å²) in [7, 11) is 2.12. The zero-order valence-electron chi connectivity index (χ0n) is 11.1. The van der Waals surface area contributed by atoms with Crippen molar-refractivity contribution >= 4 is 15.9 Å². The zero-order chi connectivity index (χ0) is 13.2. The Morgan fingerprint density at radius 1 is 1.37 bits per heavy atom. The van der Waals surface area contributed by atoms with Crippen LogP contribution in [0.1, 0.15) is 24.6 Å². The summed E-state index contributed by atoms with van der Waals surface area (Å²) < 4.78 is 3.35. The molecule has 1 aliphatic heterocycles. The molecule has 0 amide bonds. The zero-order valence-corrected chi connectivity index (χ0v) is 12.7. The maximum absolute atomic E-state index is 4.66. The lowest BCUT2D eigenvalue weighted by Gasteiger charge is -2.22. The molecule has 2 aromatic rings. The highest BCUT2D eigenvalue weighted by atomic mass is 79.9. The lowest BCUT2D eigenvalue weighted by atomic mass is 9.99. The fourth-order valence-corrected chi connectivity index (χ4v) is 3.28. The van der Waals surface area contributed by atoms with Gasteiger partial charge in [0.2, 0.25) is 0 Å². The molecular formula is C15H18BrN3. The number of piperidine rings is 1. The normalized spacial score (nSPS) is 19.6. The van der Waals surface area contributed by atoms with E-state index in [-0.39, 0.29) is 0 Å². The van der Waals surface area contributed by atoms with Crippen LogP contribution in [0, 0.1) is 0 Å². The summed E-state index contributed by atoms with van der Waals surface area (Å²) in [6.07, 6.45) is 4.46. The van der Waals surface area contributed by atoms with Crippen molar-refractivity contribution in [1.29, 1.82) is 0 Å². The molecule has 1 saturated heterocycles. The largest absolute Gasteiger partial charge is 0.331 e. The van der Waals surface area contributed by atoms with Crippen molar-refractivity contribution < 1.29 is 0 Å². The molecule has 0 radical (unpaired) electrons. The van der Waals surface area contributed by atoms with E-state index in [1.807, 2.05) is 12.3 Å². The van der Waals surface area contributed by atoms with Gasteiger partial charge in [-0.25, -0.2) is 4.98 Å². The lowest BCUT2D eigenvalue weighted by Crippen LogP contribution is -2.29. The first-order chi connectivity index (χ1) is 9.27. The van der Waals surface area contributed by atoms with Crippen LogP contribution in [0.5, 0.6) is 0 Å². The Kier molecular flexibility index (Phi) is 3.71. The highest BCUT2D eigenvalue weighted by Gasteiger charge is 2.21. The van der Waals surface area contributed by atoms with E-state index in [0.29, 0.717) is 5.92 Å². The van der Waals surface area contributed by atoms with Crippen molar-refractivity contribution in [3.63, 3.8) is 0 Å². The van der Waals surface area contributed by atoms with E-state index >= 15 is 0 Å². The van der Waals surface area contributed by atoms with E-state index in [0.717, 1.165) is 17.6 Å². The number of nitrogens with zero attached hydrogens (tertiary/aromatic N) is 2. The van der Waals surface area contributed by atoms with E-state index in [9.17, 15) is 0 Å². The maximum Gasteiger partial charge on any atom is 0.113 e. The average molecular weight is 320 g/mol. The lowest BCUT2D eigenvalue weighted by molar-refractivity contribution is 0.439. The van der Waals surface area contributed by atoms with Crippen LogP contribution in [0.25, 0.3) is 11.3 Å².